The molecule has 1 aliphatic rings. The van der Waals surface area contributed by atoms with E-state index in [0.717, 1.165) is 0 Å². The molecule has 0 radical (unpaired) electrons. The molecule has 0 atom stereocenters. The molecule has 0 heterocycles. The van der Waals surface area contributed by atoms with E-state index >= 15 is 0 Å². The van der Waals surface area contributed by atoms with Crippen LogP contribution in [0.2, 0.25) is 0 Å². The smallest absolute Gasteiger partial charge is 0.0105 e. The second-order valence-electron chi connectivity index (χ2n) is 4.66. The van der Waals surface area contributed by atoms with Crippen LogP contribution in [0.1, 0.15) is 11.1 Å². The van der Waals surface area contributed by atoms with Crippen molar-refractivity contribution in [3.05, 3.63) is 108 Å². The summed E-state index contributed by atoms with van der Waals surface area (Å²) in [6.45, 7) is 0. The minimum absolute atomic E-state index is 1.24. The van der Waals surface area contributed by atoms with Gasteiger partial charge < -0.3 is 0 Å². The summed E-state index contributed by atoms with van der Waals surface area (Å²) in [5, 5.41) is 0. The predicted octanol–water partition coefficient (Wildman–Crippen LogP) is 5.28. The molecule has 96 valence electrons. The highest BCUT2D eigenvalue weighted by Crippen LogP contribution is 2.29. The molecule has 0 saturated heterocycles. The van der Waals surface area contributed by atoms with Crippen LogP contribution in [0.5, 0.6) is 0 Å². The van der Waals surface area contributed by atoms with E-state index in [9.17, 15) is 0 Å². The topological polar surface area (TPSA) is 0 Å². The van der Waals surface area contributed by atoms with E-state index in [-0.39, 0.29) is 0 Å². The molecule has 3 rings (SSSR count). The molecule has 0 N–H and O–H groups in total. The fourth-order valence-electron chi connectivity index (χ4n) is 2.35. The molecular formula is C20H16. The highest BCUT2D eigenvalue weighted by molar-refractivity contribution is 6.00. The summed E-state index contributed by atoms with van der Waals surface area (Å²) in [5.41, 5.74) is 4.97. The first-order chi connectivity index (χ1) is 9.95. The van der Waals surface area contributed by atoms with Gasteiger partial charge in [0.1, 0.15) is 0 Å². The highest BCUT2D eigenvalue weighted by atomic mass is 14.1. The molecule has 0 bridgehead atoms. The van der Waals surface area contributed by atoms with Gasteiger partial charge >= 0.3 is 0 Å². The van der Waals surface area contributed by atoms with Gasteiger partial charge in [0.2, 0.25) is 0 Å². The Morgan fingerprint density at radius 3 is 1.20 bits per heavy atom. The van der Waals surface area contributed by atoms with Crippen LogP contribution < -0.4 is 0 Å². The summed E-state index contributed by atoms with van der Waals surface area (Å²) in [7, 11) is 0. The third-order valence-electron chi connectivity index (χ3n) is 3.32. The lowest BCUT2D eigenvalue weighted by molar-refractivity contribution is 1.58. The van der Waals surface area contributed by atoms with E-state index in [1.54, 1.807) is 0 Å². The summed E-state index contributed by atoms with van der Waals surface area (Å²) in [6.07, 6.45) is 12.7. The average molecular weight is 256 g/mol. The van der Waals surface area contributed by atoms with Gasteiger partial charge in [-0.2, -0.15) is 0 Å². The molecule has 0 fully saturated rings. The number of benzene rings is 2. The summed E-state index contributed by atoms with van der Waals surface area (Å²) >= 11 is 0. The maximum atomic E-state index is 2.18. The lowest BCUT2D eigenvalue weighted by Gasteiger charge is -2.11. The number of hydrogen-bond acceptors (Lipinski definition) is 0. The van der Waals surface area contributed by atoms with Crippen LogP contribution >= 0.6 is 0 Å². The lowest BCUT2D eigenvalue weighted by atomic mass is 9.93. The van der Waals surface area contributed by atoms with E-state index in [0.29, 0.717) is 0 Å². The summed E-state index contributed by atoms with van der Waals surface area (Å²) in [5.74, 6) is 0. The predicted molar refractivity (Wildman–Crippen MR) is 87.1 cm³/mol. The molecule has 20 heavy (non-hydrogen) atoms. The fraction of sp³-hybridized carbons (Fsp3) is 0. The van der Waals surface area contributed by atoms with Crippen LogP contribution in [0.4, 0.5) is 0 Å². The average Bonchev–Trinajstić information content (AvgIpc) is 2.49. The minimum Gasteiger partial charge on any atom is -0.0622 e. The van der Waals surface area contributed by atoms with Gasteiger partial charge in [0, 0.05) is 0 Å². The van der Waals surface area contributed by atoms with Gasteiger partial charge in [-0.15, -0.1) is 0 Å². The van der Waals surface area contributed by atoms with Crippen molar-refractivity contribution in [2.24, 2.45) is 0 Å². The molecule has 0 spiro atoms. The number of rotatable bonds is 2. The standard InChI is InChI=1S/C20H16/c1-2-10-16-20(18-13-7-4-8-14-18)19(15-9-1)17-11-5-3-6-12-17/h1-16H/b2-1-,9-1?,10-2?,15-9-,16-10-,19-15?,20-16?,20-19-. The van der Waals surface area contributed by atoms with Crippen molar-refractivity contribution in [1.29, 1.82) is 0 Å². The highest BCUT2D eigenvalue weighted by Gasteiger charge is 2.07. The van der Waals surface area contributed by atoms with E-state index < -0.39 is 0 Å². The Morgan fingerprint density at radius 1 is 0.400 bits per heavy atom. The Morgan fingerprint density at radius 2 is 0.800 bits per heavy atom. The summed E-state index contributed by atoms with van der Waals surface area (Å²) in [6, 6.07) is 21.0. The van der Waals surface area contributed by atoms with E-state index in [4.69, 9.17) is 0 Å². The molecule has 0 heteroatoms. The number of allylic oxidation sites excluding steroid dienone is 8. The van der Waals surface area contributed by atoms with E-state index in [2.05, 4.69) is 97.1 Å². The van der Waals surface area contributed by atoms with Crippen molar-refractivity contribution in [3.63, 3.8) is 0 Å². The maximum Gasteiger partial charge on any atom is -0.0105 e. The summed E-state index contributed by atoms with van der Waals surface area (Å²) < 4.78 is 0. The molecule has 0 nitrogen and oxygen atoms in total. The third-order valence-corrected chi connectivity index (χ3v) is 3.32. The van der Waals surface area contributed by atoms with Crippen LogP contribution in [0.25, 0.3) is 11.1 Å². The van der Waals surface area contributed by atoms with Gasteiger partial charge in [-0.1, -0.05) is 97.1 Å². The molecule has 0 amide bonds. The Labute approximate surface area is 120 Å². The van der Waals surface area contributed by atoms with Crippen LogP contribution in [-0.4, -0.2) is 0 Å². The SMILES string of the molecule is C1=C\C=C/C(c2ccccc2)=C(c2ccccc2)\C=C/1. The molecule has 0 aromatic heterocycles. The van der Waals surface area contributed by atoms with Crippen LogP contribution in [-0.2, 0) is 0 Å². The Hall–Kier alpha value is -2.60. The van der Waals surface area contributed by atoms with Crippen LogP contribution in [0.3, 0.4) is 0 Å². The largest absolute Gasteiger partial charge is 0.0622 e. The van der Waals surface area contributed by atoms with Crippen molar-refractivity contribution >= 4 is 11.1 Å². The molecular weight excluding hydrogens is 240 g/mol. The lowest BCUT2D eigenvalue weighted by Crippen LogP contribution is -1.89. The number of hydrogen-bond donors (Lipinski definition) is 0. The second kappa shape index (κ2) is 6.03. The van der Waals surface area contributed by atoms with Crippen molar-refractivity contribution in [2.75, 3.05) is 0 Å². The van der Waals surface area contributed by atoms with Gasteiger partial charge in [0.05, 0.1) is 0 Å². The summed E-state index contributed by atoms with van der Waals surface area (Å²) in [4.78, 5) is 0. The molecule has 0 aliphatic heterocycles. The van der Waals surface area contributed by atoms with Gasteiger partial charge in [-0.05, 0) is 22.3 Å². The first kappa shape index (κ1) is 12.4. The van der Waals surface area contributed by atoms with Crippen molar-refractivity contribution in [2.45, 2.75) is 0 Å². The monoisotopic (exact) mass is 256 g/mol. The molecule has 1 aliphatic carbocycles. The van der Waals surface area contributed by atoms with Gasteiger partial charge in [-0.3, -0.25) is 0 Å². The zero-order valence-electron chi connectivity index (χ0n) is 11.2. The van der Waals surface area contributed by atoms with Crippen molar-refractivity contribution < 1.29 is 0 Å². The van der Waals surface area contributed by atoms with Gasteiger partial charge in [0.25, 0.3) is 0 Å². The zero-order chi connectivity index (χ0) is 13.6. The molecule has 2 aromatic rings. The quantitative estimate of drug-likeness (QED) is 0.685. The van der Waals surface area contributed by atoms with Crippen molar-refractivity contribution in [3.8, 4) is 0 Å². The maximum absolute atomic E-state index is 2.18. The Bertz CT molecular complexity index is 622. The molecule has 2 aromatic carbocycles. The Balaban J connectivity index is 2.21. The zero-order valence-corrected chi connectivity index (χ0v) is 11.2. The van der Waals surface area contributed by atoms with Crippen molar-refractivity contribution in [1.82, 2.24) is 0 Å². The van der Waals surface area contributed by atoms with Gasteiger partial charge in [-0.25, -0.2) is 0 Å². The Kier molecular flexibility index (Phi) is 3.75. The van der Waals surface area contributed by atoms with E-state index in [1.165, 1.54) is 22.3 Å². The van der Waals surface area contributed by atoms with Crippen LogP contribution in [0.15, 0.2) is 97.1 Å². The van der Waals surface area contributed by atoms with Crippen LogP contribution in [0, 0.1) is 0 Å². The molecule has 0 saturated carbocycles. The minimum atomic E-state index is 1.24. The second-order valence-corrected chi connectivity index (χ2v) is 4.66. The van der Waals surface area contributed by atoms with Gasteiger partial charge in [0.15, 0.2) is 0 Å². The first-order valence-corrected chi connectivity index (χ1v) is 6.82. The third kappa shape index (κ3) is 2.70. The first-order valence-electron chi connectivity index (χ1n) is 6.82. The molecule has 0 unspecified atom stereocenters. The normalized spacial score (nSPS) is 22.6. The van der Waals surface area contributed by atoms with E-state index in [1.807, 2.05) is 0 Å². The fourth-order valence-corrected chi connectivity index (χ4v) is 2.35.